The Balaban J connectivity index is 1.34. The van der Waals surface area contributed by atoms with Crippen LogP contribution in [0, 0.1) is 0 Å². The van der Waals surface area contributed by atoms with Crippen LogP contribution in [-0.4, -0.2) is 25.0 Å². The standard InChI is InChI=1S/C35H26N2O5/c1-41-32-22-24(19-20-31(32)42-23-26-13-10-12-25-11-8-9-18-29(25)26)21-30-33(38)36(27-14-4-2-5-15-27)35(40)37(34(30)39)28-16-6-3-7-17-28/h2-22H,23H2,1H3. The molecule has 7 nitrogen and oxygen atoms in total. The molecule has 1 saturated heterocycles. The fourth-order valence-electron chi connectivity index (χ4n) is 4.97. The maximum Gasteiger partial charge on any atom is 0.343 e. The van der Waals surface area contributed by atoms with E-state index >= 15 is 0 Å². The molecule has 0 atom stereocenters. The smallest absolute Gasteiger partial charge is 0.343 e. The van der Waals surface area contributed by atoms with Gasteiger partial charge in [-0.15, -0.1) is 0 Å². The topological polar surface area (TPSA) is 76.2 Å². The highest BCUT2D eigenvalue weighted by molar-refractivity contribution is 6.46. The normalized spacial score (nSPS) is 13.5. The van der Waals surface area contributed by atoms with Crippen LogP contribution >= 0.6 is 0 Å². The lowest BCUT2D eigenvalue weighted by molar-refractivity contribution is -0.121. The van der Waals surface area contributed by atoms with Crippen molar-refractivity contribution in [2.24, 2.45) is 0 Å². The number of carbonyl (C=O) groups is 3. The second kappa shape index (κ2) is 11.4. The molecular formula is C35H26N2O5. The summed E-state index contributed by atoms with van der Waals surface area (Å²) in [5.41, 5.74) is 2.14. The molecule has 0 radical (unpaired) electrons. The Morgan fingerprint density at radius 3 is 1.88 bits per heavy atom. The first-order chi connectivity index (χ1) is 20.5. The number of rotatable bonds is 7. The summed E-state index contributed by atoms with van der Waals surface area (Å²) in [6, 6.07) is 35.7. The van der Waals surface area contributed by atoms with Crippen LogP contribution in [0.25, 0.3) is 16.8 Å². The van der Waals surface area contributed by atoms with E-state index in [-0.39, 0.29) is 5.57 Å². The monoisotopic (exact) mass is 554 g/mol. The molecule has 4 amide bonds. The van der Waals surface area contributed by atoms with Crippen molar-refractivity contribution in [2.75, 3.05) is 16.9 Å². The average Bonchev–Trinajstić information content (AvgIpc) is 3.03. The van der Waals surface area contributed by atoms with Gasteiger partial charge in [0.1, 0.15) is 12.2 Å². The number of amides is 4. The van der Waals surface area contributed by atoms with Crippen LogP contribution in [0.4, 0.5) is 16.2 Å². The minimum Gasteiger partial charge on any atom is -0.493 e. The van der Waals surface area contributed by atoms with E-state index in [1.807, 2.05) is 24.3 Å². The molecule has 0 unspecified atom stereocenters. The van der Waals surface area contributed by atoms with Gasteiger partial charge in [0.2, 0.25) is 0 Å². The molecule has 0 spiro atoms. The zero-order chi connectivity index (χ0) is 29.1. The zero-order valence-electron chi connectivity index (χ0n) is 22.8. The number of para-hydroxylation sites is 2. The lowest BCUT2D eigenvalue weighted by Crippen LogP contribution is -2.57. The molecule has 42 heavy (non-hydrogen) atoms. The van der Waals surface area contributed by atoms with Gasteiger partial charge in [0, 0.05) is 0 Å². The Morgan fingerprint density at radius 2 is 1.24 bits per heavy atom. The summed E-state index contributed by atoms with van der Waals surface area (Å²) >= 11 is 0. The average molecular weight is 555 g/mol. The first-order valence-corrected chi connectivity index (χ1v) is 13.4. The van der Waals surface area contributed by atoms with Gasteiger partial charge < -0.3 is 9.47 Å². The van der Waals surface area contributed by atoms with Crippen molar-refractivity contribution in [2.45, 2.75) is 6.61 Å². The van der Waals surface area contributed by atoms with Crippen LogP contribution in [0.15, 0.2) is 127 Å². The highest BCUT2D eigenvalue weighted by atomic mass is 16.5. The molecule has 1 aliphatic rings. The fraction of sp³-hybridized carbons (Fsp3) is 0.0571. The molecule has 1 heterocycles. The van der Waals surface area contributed by atoms with Crippen LogP contribution in [0.5, 0.6) is 11.5 Å². The molecule has 0 bridgehead atoms. The minimum absolute atomic E-state index is 0.159. The first-order valence-electron chi connectivity index (χ1n) is 13.4. The minimum atomic E-state index is -0.741. The van der Waals surface area contributed by atoms with Crippen LogP contribution in [0.1, 0.15) is 11.1 Å². The van der Waals surface area contributed by atoms with Crippen molar-refractivity contribution in [3.8, 4) is 11.5 Å². The highest BCUT2D eigenvalue weighted by Gasteiger charge is 2.43. The van der Waals surface area contributed by atoms with E-state index in [0.717, 1.165) is 26.1 Å². The Hall–Kier alpha value is -5.69. The van der Waals surface area contributed by atoms with Crippen LogP contribution in [-0.2, 0) is 16.2 Å². The van der Waals surface area contributed by atoms with Gasteiger partial charge in [-0.3, -0.25) is 9.59 Å². The summed E-state index contributed by atoms with van der Waals surface area (Å²) in [7, 11) is 1.53. The lowest BCUT2D eigenvalue weighted by Gasteiger charge is -2.33. The molecule has 7 heteroatoms. The Labute approximate surface area is 242 Å². The number of hydrogen-bond acceptors (Lipinski definition) is 5. The lowest BCUT2D eigenvalue weighted by atomic mass is 10.0. The quantitative estimate of drug-likeness (QED) is 0.160. The number of hydrogen-bond donors (Lipinski definition) is 0. The van der Waals surface area contributed by atoms with Crippen molar-refractivity contribution < 1.29 is 23.9 Å². The van der Waals surface area contributed by atoms with Gasteiger partial charge in [-0.1, -0.05) is 84.9 Å². The summed E-state index contributed by atoms with van der Waals surface area (Å²) in [6.45, 7) is 0.329. The van der Waals surface area contributed by atoms with E-state index in [1.54, 1.807) is 78.9 Å². The molecule has 5 aromatic carbocycles. The third-order valence-corrected chi connectivity index (χ3v) is 7.04. The molecule has 1 aliphatic heterocycles. The summed E-state index contributed by atoms with van der Waals surface area (Å²) in [5, 5.41) is 2.23. The molecule has 0 saturated carbocycles. The van der Waals surface area contributed by atoms with Gasteiger partial charge in [0.05, 0.1) is 18.5 Å². The largest absolute Gasteiger partial charge is 0.493 e. The zero-order valence-corrected chi connectivity index (χ0v) is 22.8. The summed E-state index contributed by atoms with van der Waals surface area (Å²) in [4.78, 5) is 42.8. The highest BCUT2D eigenvalue weighted by Crippen LogP contribution is 2.33. The van der Waals surface area contributed by atoms with Crippen molar-refractivity contribution in [1.82, 2.24) is 0 Å². The van der Waals surface area contributed by atoms with Gasteiger partial charge in [-0.25, -0.2) is 14.6 Å². The summed E-state index contributed by atoms with van der Waals surface area (Å²) < 4.78 is 11.7. The van der Waals surface area contributed by atoms with Crippen LogP contribution in [0.3, 0.4) is 0 Å². The Kier molecular flexibility index (Phi) is 7.22. The third kappa shape index (κ3) is 4.99. The predicted octanol–water partition coefficient (Wildman–Crippen LogP) is 7.01. The Morgan fingerprint density at radius 1 is 0.643 bits per heavy atom. The maximum atomic E-state index is 13.6. The number of urea groups is 1. The second-order valence-corrected chi connectivity index (χ2v) is 9.63. The molecule has 1 fully saturated rings. The van der Waals surface area contributed by atoms with E-state index in [1.165, 1.54) is 13.2 Å². The number of imide groups is 2. The molecule has 6 rings (SSSR count). The van der Waals surface area contributed by atoms with E-state index in [2.05, 4.69) is 18.2 Å². The van der Waals surface area contributed by atoms with Crippen molar-refractivity contribution in [3.05, 3.63) is 138 Å². The predicted molar refractivity (Wildman–Crippen MR) is 163 cm³/mol. The van der Waals surface area contributed by atoms with Crippen molar-refractivity contribution in [3.63, 3.8) is 0 Å². The number of nitrogens with zero attached hydrogens (tertiary/aromatic N) is 2. The number of ether oxygens (including phenoxy) is 2. The number of carbonyl (C=O) groups excluding carboxylic acids is 3. The molecule has 0 N–H and O–H groups in total. The van der Waals surface area contributed by atoms with Crippen LogP contribution < -0.4 is 19.3 Å². The summed E-state index contributed by atoms with van der Waals surface area (Å²) in [5.74, 6) is -0.464. The van der Waals surface area contributed by atoms with Gasteiger partial charge in [0.15, 0.2) is 11.5 Å². The number of fused-ring (bicyclic) bond motifs is 1. The Bertz CT molecular complexity index is 1760. The van der Waals surface area contributed by atoms with Gasteiger partial charge >= 0.3 is 6.03 Å². The number of anilines is 2. The van der Waals surface area contributed by atoms with E-state index in [9.17, 15) is 14.4 Å². The second-order valence-electron chi connectivity index (χ2n) is 9.63. The molecule has 206 valence electrons. The first kappa shape index (κ1) is 26.5. The van der Waals surface area contributed by atoms with Gasteiger partial charge in [0.25, 0.3) is 11.8 Å². The molecule has 0 aliphatic carbocycles. The van der Waals surface area contributed by atoms with Gasteiger partial charge in [-0.2, -0.15) is 0 Å². The third-order valence-electron chi connectivity index (χ3n) is 7.04. The fourth-order valence-corrected chi connectivity index (χ4v) is 4.97. The molecular weight excluding hydrogens is 528 g/mol. The van der Waals surface area contributed by atoms with Crippen molar-refractivity contribution >= 4 is 46.1 Å². The molecule has 0 aromatic heterocycles. The van der Waals surface area contributed by atoms with Gasteiger partial charge in [-0.05, 0) is 64.4 Å². The van der Waals surface area contributed by atoms with E-state index < -0.39 is 17.8 Å². The summed E-state index contributed by atoms with van der Waals surface area (Å²) in [6.07, 6.45) is 1.47. The molecule has 5 aromatic rings. The number of benzene rings is 5. The van der Waals surface area contributed by atoms with Crippen LogP contribution in [0.2, 0.25) is 0 Å². The number of barbiturate groups is 1. The van der Waals surface area contributed by atoms with Crippen molar-refractivity contribution in [1.29, 1.82) is 0 Å². The maximum absolute atomic E-state index is 13.6. The van der Waals surface area contributed by atoms with E-state index in [0.29, 0.717) is 35.0 Å². The number of methoxy groups -OCH3 is 1. The SMILES string of the molecule is COc1cc(C=C2C(=O)N(c3ccccc3)C(=O)N(c3ccccc3)C2=O)ccc1OCc1cccc2ccccc12. The van der Waals surface area contributed by atoms with E-state index in [4.69, 9.17) is 9.47 Å².